The van der Waals surface area contributed by atoms with Gasteiger partial charge in [-0.05, 0) is 23.0 Å². The molecule has 5 rings (SSSR count). The smallest absolute Gasteiger partial charge is 0.245 e. The lowest BCUT2D eigenvalue weighted by atomic mass is 9.84. The molecule has 2 aliphatic heterocycles. The van der Waals surface area contributed by atoms with Gasteiger partial charge in [0.2, 0.25) is 6.33 Å². The lowest BCUT2D eigenvalue weighted by molar-refractivity contribution is -0.720. The molecule has 3 heteroatoms. The highest BCUT2D eigenvalue weighted by Crippen LogP contribution is 2.45. The summed E-state index contributed by atoms with van der Waals surface area (Å²) in [5, 5.41) is 0. The Labute approximate surface area is 174 Å². The quantitative estimate of drug-likeness (QED) is 0.593. The van der Waals surface area contributed by atoms with Gasteiger partial charge in [-0.25, -0.2) is 9.13 Å². The normalized spacial score (nSPS) is 19.5. The van der Waals surface area contributed by atoms with Crippen molar-refractivity contribution in [1.29, 1.82) is 0 Å². The first-order valence-electron chi connectivity index (χ1n) is 10.4. The highest BCUT2D eigenvalue weighted by Gasteiger charge is 2.41. The van der Waals surface area contributed by atoms with Crippen LogP contribution in [0.15, 0.2) is 54.9 Å². The molecule has 28 heavy (non-hydrogen) atoms. The predicted octanol–water partition coefficient (Wildman–Crippen LogP) is 2.62. The number of nitrogens with zero attached hydrogens (tertiary/aromatic N) is 2. The molecule has 2 aliphatic rings. The molecule has 0 radical (unpaired) electrons. The highest BCUT2D eigenvalue weighted by molar-refractivity contribution is 5.81. The van der Waals surface area contributed by atoms with Crippen molar-refractivity contribution in [2.24, 2.45) is 11.8 Å². The van der Waals surface area contributed by atoms with Crippen LogP contribution in [0, 0.1) is 11.8 Å². The second-order valence-electron chi connectivity index (χ2n) is 8.97. The number of hydrogen-bond acceptors (Lipinski definition) is 0. The summed E-state index contributed by atoms with van der Waals surface area (Å²) in [5.41, 5.74) is 8.68. The molecule has 0 spiro atoms. The van der Waals surface area contributed by atoms with Crippen molar-refractivity contribution in [3.8, 4) is 22.5 Å². The molecule has 1 aromatic heterocycles. The Kier molecular flexibility index (Phi) is 4.87. The van der Waals surface area contributed by atoms with Crippen LogP contribution in [0.4, 0.5) is 0 Å². The first-order valence-corrected chi connectivity index (χ1v) is 10.4. The second-order valence-corrected chi connectivity index (χ2v) is 8.97. The Morgan fingerprint density at radius 3 is 2.07 bits per heavy atom. The third-order valence-corrected chi connectivity index (χ3v) is 6.65. The highest BCUT2D eigenvalue weighted by atomic mass is 35.5. The summed E-state index contributed by atoms with van der Waals surface area (Å²) in [4.78, 5) is 0. The van der Waals surface area contributed by atoms with Gasteiger partial charge in [0.25, 0.3) is 0 Å². The molecule has 0 N–H and O–H groups in total. The minimum atomic E-state index is 0. The summed E-state index contributed by atoms with van der Waals surface area (Å²) < 4.78 is 5.19. The summed E-state index contributed by atoms with van der Waals surface area (Å²) in [6, 6.07) is 19.1. The first-order chi connectivity index (χ1) is 13.1. The van der Waals surface area contributed by atoms with E-state index in [4.69, 9.17) is 0 Å². The molecule has 2 atom stereocenters. The van der Waals surface area contributed by atoms with Gasteiger partial charge in [0, 0.05) is 24.0 Å². The average Bonchev–Trinajstić information content (AvgIpc) is 3.07. The standard InChI is InChI=1S/C25H29N2.ClH/c1-16(2)22-13-18-9-5-7-11-20(18)24-25-21-12-8-6-10-19(21)14-23(17(3)4)27(25)15-26(22)24;/h5-12,15-17,22-23H,13-14H2,1-4H3;1H/q+1;/p-1/t22-,23-;/m1./s1. The first kappa shape index (κ1) is 19.3. The van der Waals surface area contributed by atoms with E-state index in [-0.39, 0.29) is 12.4 Å². The fourth-order valence-electron chi connectivity index (χ4n) is 5.15. The molecule has 0 saturated carbocycles. The Morgan fingerprint density at radius 2 is 1.43 bits per heavy atom. The van der Waals surface area contributed by atoms with E-state index in [1.807, 2.05) is 0 Å². The lowest BCUT2D eigenvalue weighted by Crippen LogP contribution is -3.00. The Bertz CT molecular complexity index is 935. The molecular weight excluding hydrogens is 364 g/mol. The molecule has 0 fully saturated rings. The van der Waals surface area contributed by atoms with Crippen molar-refractivity contribution in [3.63, 3.8) is 0 Å². The van der Waals surface area contributed by atoms with Gasteiger partial charge in [0.1, 0.15) is 12.1 Å². The maximum atomic E-state index is 2.60. The third kappa shape index (κ3) is 2.73. The molecule has 0 amide bonds. The van der Waals surface area contributed by atoms with Crippen LogP contribution >= 0.6 is 0 Å². The number of imidazole rings is 1. The van der Waals surface area contributed by atoms with Crippen LogP contribution in [0.25, 0.3) is 22.5 Å². The summed E-state index contributed by atoms with van der Waals surface area (Å²) in [7, 11) is 0. The fourth-order valence-corrected chi connectivity index (χ4v) is 5.15. The number of aromatic nitrogens is 2. The molecule has 3 aromatic rings. The number of halogens is 1. The van der Waals surface area contributed by atoms with Crippen LogP contribution < -0.4 is 17.0 Å². The van der Waals surface area contributed by atoms with E-state index < -0.39 is 0 Å². The minimum absolute atomic E-state index is 0. The fraction of sp³-hybridized carbons (Fsp3) is 0.400. The number of hydrogen-bond donors (Lipinski definition) is 0. The van der Waals surface area contributed by atoms with Crippen molar-refractivity contribution in [2.75, 3.05) is 0 Å². The maximum absolute atomic E-state index is 2.60. The zero-order chi connectivity index (χ0) is 18.7. The van der Waals surface area contributed by atoms with Crippen molar-refractivity contribution in [1.82, 2.24) is 4.57 Å². The zero-order valence-electron chi connectivity index (χ0n) is 17.2. The van der Waals surface area contributed by atoms with E-state index in [1.54, 1.807) is 0 Å². The molecule has 0 aliphatic carbocycles. The zero-order valence-corrected chi connectivity index (χ0v) is 17.9. The van der Waals surface area contributed by atoms with Crippen molar-refractivity contribution >= 4 is 0 Å². The van der Waals surface area contributed by atoms with E-state index in [0.717, 1.165) is 12.8 Å². The van der Waals surface area contributed by atoms with Crippen molar-refractivity contribution in [3.05, 3.63) is 66.0 Å². The maximum Gasteiger partial charge on any atom is 0.245 e. The molecule has 2 nitrogen and oxygen atoms in total. The van der Waals surface area contributed by atoms with Crippen LogP contribution in [-0.4, -0.2) is 4.57 Å². The van der Waals surface area contributed by atoms with E-state index in [9.17, 15) is 0 Å². The van der Waals surface area contributed by atoms with E-state index in [2.05, 4.69) is 91.7 Å². The van der Waals surface area contributed by atoms with Gasteiger partial charge in [-0.2, -0.15) is 0 Å². The Hall–Kier alpha value is -2.06. The topological polar surface area (TPSA) is 8.81 Å². The molecule has 0 saturated heterocycles. The van der Waals surface area contributed by atoms with E-state index in [0.29, 0.717) is 23.9 Å². The predicted molar refractivity (Wildman–Crippen MR) is 111 cm³/mol. The van der Waals surface area contributed by atoms with Gasteiger partial charge in [-0.1, -0.05) is 76.2 Å². The van der Waals surface area contributed by atoms with E-state index in [1.165, 1.54) is 33.6 Å². The van der Waals surface area contributed by atoms with Gasteiger partial charge in [-0.3, -0.25) is 0 Å². The molecule has 146 valence electrons. The minimum Gasteiger partial charge on any atom is -1.00 e. The molecule has 2 aromatic carbocycles. The van der Waals surface area contributed by atoms with Gasteiger partial charge in [0.05, 0.1) is 0 Å². The van der Waals surface area contributed by atoms with Gasteiger partial charge >= 0.3 is 0 Å². The molecule has 3 heterocycles. The molecule has 0 bridgehead atoms. The van der Waals surface area contributed by atoms with Crippen LogP contribution in [0.5, 0.6) is 0 Å². The molecule has 0 unspecified atom stereocenters. The van der Waals surface area contributed by atoms with E-state index >= 15 is 0 Å². The SMILES string of the molecule is CC(C)[C@H]1Cc2ccccc2-c2c3[n+](cn21)[C@@H](C(C)C)Cc1ccccc1-3.[Cl-]. The van der Waals surface area contributed by atoms with Crippen LogP contribution in [-0.2, 0) is 12.8 Å². The van der Waals surface area contributed by atoms with Crippen molar-refractivity contribution in [2.45, 2.75) is 52.6 Å². The number of benzene rings is 2. The van der Waals surface area contributed by atoms with Gasteiger partial charge in [0.15, 0.2) is 11.4 Å². The number of fused-ring (bicyclic) bond motifs is 7. The summed E-state index contributed by atoms with van der Waals surface area (Å²) in [5.74, 6) is 1.22. The monoisotopic (exact) mass is 392 g/mol. The van der Waals surface area contributed by atoms with Crippen molar-refractivity contribution < 1.29 is 17.0 Å². The summed E-state index contributed by atoms with van der Waals surface area (Å²) in [6.45, 7) is 9.44. The van der Waals surface area contributed by atoms with Gasteiger partial charge < -0.3 is 12.4 Å². The lowest BCUT2D eigenvalue weighted by Gasteiger charge is -2.27. The largest absolute Gasteiger partial charge is 1.00 e. The second kappa shape index (κ2) is 7.08. The Morgan fingerprint density at radius 1 is 0.821 bits per heavy atom. The average molecular weight is 393 g/mol. The number of rotatable bonds is 2. The molecular formula is C25H29ClN2. The summed E-state index contributed by atoms with van der Waals surface area (Å²) in [6.07, 6.45) is 4.69. The van der Waals surface area contributed by atoms with Crippen LogP contribution in [0.1, 0.15) is 50.9 Å². The van der Waals surface area contributed by atoms with Gasteiger partial charge in [-0.15, -0.1) is 0 Å². The summed E-state index contributed by atoms with van der Waals surface area (Å²) >= 11 is 0. The van der Waals surface area contributed by atoms with Crippen LogP contribution in [0.2, 0.25) is 0 Å². The Balaban J connectivity index is 0.00000192. The third-order valence-electron chi connectivity index (χ3n) is 6.65. The van der Waals surface area contributed by atoms with Crippen LogP contribution in [0.3, 0.4) is 0 Å².